The number of likely N-dealkylation sites (tertiary alicyclic amines) is 1. The van der Waals surface area contributed by atoms with Gasteiger partial charge in [-0.15, -0.1) is 0 Å². The van der Waals surface area contributed by atoms with Crippen LogP contribution in [0.2, 0.25) is 0 Å². The van der Waals surface area contributed by atoms with Crippen molar-refractivity contribution in [3.05, 3.63) is 65.2 Å². The highest BCUT2D eigenvalue weighted by atomic mass is 16.5. The minimum atomic E-state index is -0.933. The lowest BCUT2D eigenvalue weighted by Crippen LogP contribution is -2.78. The SMILES string of the molecule is CN(C(=O)C=Cc1ccccc1)[C@@H]1CC[C@@]2(O)[C@H]3Cc4ccc(O)c5c4[C@@]2(CCN3CC2CC2)[C@H]1O5. The van der Waals surface area contributed by atoms with Gasteiger partial charge in [-0.25, -0.2) is 0 Å². The molecule has 2 heterocycles. The molecule has 6 nitrogen and oxygen atoms in total. The van der Waals surface area contributed by atoms with Crippen molar-refractivity contribution in [2.24, 2.45) is 5.92 Å². The Kier molecular flexibility index (Phi) is 4.87. The Morgan fingerprint density at radius 1 is 1.17 bits per heavy atom. The zero-order valence-electron chi connectivity index (χ0n) is 20.8. The highest BCUT2D eigenvalue weighted by Gasteiger charge is 2.73. The summed E-state index contributed by atoms with van der Waals surface area (Å²) in [6, 6.07) is 13.4. The first-order chi connectivity index (χ1) is 17.4. The molecule has 2 N–H and O–H groups in total. The van der Waals surface area contributed by atoms with Gasteiger partial charge in [0.15, 0.2) is 11.5 Å². The summed E-state index contributed by atoms with van der Waals surface area (Å²) in [6.45, 7) is 1.97. The molecule has 2 saturated carbocycles. The number of carbonyl (C=O) groups is 1. The van der Waals surface area contributed by atoms with Gasteiger partial charge in [-0.1, -0.05) is 36.4 Å². The fraction of sp³-hybridized carbons (Fsp3) is 0.500. The van der Waals surface area contributed by atoms with Gasteiger partial charge in [-0.3, -0.25) is 9.69 Å². The van der Waals surface area contributed by atoms with Gasteiger partial charge >= 0.3 is 0 Å². The van der Waals surface area contributed by atoms with Crippen LogP contribution in [0.15, 0.2) is 48.5 Å². The molecule has 2 aromatic carbocycles. The van der Waals surface area contributed by atoms with Crippen LogP contribution in [0, 0.1) is 5.92 Å². The normalized spacial score (nSPS) is 34.3. The second kappa shape index (κ2) is 7.83. The van der Waals surface area contributed by atoms with E-state index >= 15 is 0 Å². The maximum Gasteiger partial charge on any atom is 0.246 e. The highest BCUT2D eigenvalue weighted by Crippen LogP contribution is 2.66. The van der Waals surface area contributed by atoms with Gasteiger partial charge in [-0.2, -0.15) is 0 Å². The molecular weight excluding hydrogens is 452 g/mol. The van der Waals surface area contributed by atoms with Crippen LogP contribution in [0.3, 0.4) is 0 Å². The van der Waals surface area contributed by atoms with E-state index in [1.165, 1.54) is 18.4 Å². The van der Waals surface area contributed by atoms with Crippen molar-refractivity contribution in [3.63, 3.8) is 0 Å². The fourth-order valence-electron chi connectivity index (χ4n) is 7.86. The van der Waals surface area contributed by atoms with Crippen molar-refractivity contribution in [2.45, 2.75) is 67.7 Å². The number of carbonyl (C=O) groups excluding carboxylic acids is 1. The van der Waals surface area contributed by atoms with Crippen LogP contribution in [0.1, 0.15) is 48.8 Å². The number of amides is 1. The summed E-state index contributed by atoms with van der Waals surface area (Å²) in [6.07, 6.45) is 8.51. The molecule has 1 spiro atoms. The van der Waals surface area contributed by atoms with Gasteiger partial charge in [0.1, 0.15) is 6.10 Å². The topological polar surface area (TPSA) is 73.2 Å². The quantitative estimate of drug-likeness (QED) is 0.633. The Hall–Kier alpha value is -2.83. The zero-order chi connectivity index (χ0) is 24.7. The molecule has 3 aliphatic carbocycles. The first-order valence-electron chi connectivity index (χ1n) is 13.4. The number of hydrogen-bond donors (Lipinski definition) is 2. The minimum Gasteiger partial charge on any atom is -0.504 e. The third kappa shape index (κ3) is 3.00. The Morgan fingerprint density at radius 2 is 1.97 bits per heavy atom. The second-order valence-electron chi connectivity index (χ2n) is 11.6. The van der Waals surface area contributed by atoms with Crippen molar-refractivity contribution in [1.82, 2.24) is 9.80 Å². The van der Waals surface area contributed by atoms with Gasteiger partial charge in [0.2, 0.25) is 5.91 Å². The molecule has 6 heteroatoms. The van der Waals surface area contributed by atoms with Gasteiger partial charge < -0.3 is 19.8 Å². The predicted molar refractivity (Wildman–Crippen MR) is 137 cm³/mol. The lowest BCUT2D eigenvalue weighted by Gasteiger charge is -2.64. The van der Waals surface area contributed by atoms with E-state index in [0.717, 1.165) is 43.0 Å². The molecule has 2 bridgehead atoms. The maximum absolute atomic E-state index is 13.3. The van der Waals surface area contributed by atoms with E-state index in [0.29, 0.717) is 18.6 Å². The standard InChI is InChI=1S/C30H34N2O4/c1-31(25(34)12-9-19-5-3-2-4-6-19)22-13-14-30(35)24-17-21-10-11-23(33)27-26(21)29(30,28(22)36-27)15-16-32(24)18-20-7-8-20/h2-6,9-12,20,22,24,28,33,35H,7-8,13-18H2,1H3/t22-,24-,28+,29+,30-/m1/s1. The third-order valence-electron chi connectivity index (χ3n) is 9.79. The number of nitrogens with zero attached hydrogens (tertiary/aromatic N) is 2. The van der Waals surface area contributed by atoms with Gasteiger partial charge in [0, 0.05) is 31.3 Å². The minimum absolute atomic E-state index is 0.0425. The predicted octanol–water partition coefficient (Wildman–Crippen LogP) is 3.50. The smallest absolute Gasteiger partial charge is 0.246 e. The van der Waals surface area contributed by atoms with E-state index in [2.05, 4.69) is 4.90 Å². The highest BCUT2D eigenvalue weighted by molar-refractivity contribution is 5.92. The largest absolute Gasteiger partial charge is 0.504 e. The van der Waals surface area contributed by atoms with Crippen LogP contribution in [-0.2, 0) is 16.6 Å². The Balaban J connectivity index is 1.26. The maximum atomic E-state index is 13.3. The van der Waals surface area contributed by atoms with E-state index in [1.54, 1.807) is 17.0 Å². The number of phenols is 1. The molecular formula is C30H34N2O4. The van der Waals surface area contributed by atoms with E-state index < -0.39 is 11.0 Å². The number of aliphatic hydroxyl groups is 1. The first-order valence-corrected chi connectivity index (χ1v) is 13.4. The number of hydrogen-bond acceptors (Lipinski definition) is 5. The van der Waals surface area contributed by atoms with Crippen LogP contribution in [-0.4, -0.2) is 69.8 Å². The number of likely N-dealkylation sites (N-methyl/N-ethyl adjacent to an activating group) is 1. The lowest BCUT2D eigenvalue weighted by molar-refractivity contribution is -0.200. The average molecular weight is 487 g/mol. The van der Waals surface area contributed by atoms with E-state index in [-0.39, 0.29) is 29.8 Å². The molecule has 0 radical (unpaired) electrons. The van der Waals surface area contributed by atoms with Crippen LogP contribution < -0.4 is 4.74 Å². The molecule has 5 atom stereocenters. The molecule has 36 heavy (non-hydrogen) atoms. The molecule has 188 valence electrons. The second-order valence-corrected chi connectivity index (χ2v) is 11.6. The number of piperidine rings is 1. The monoisotopic (exact) mass is 486 g/mol. The zero-order valence-corrected chi connectivity index (χ0v) is 20.8. The van der Waals surface area contributed by atoms with Crippen molar-refractivity contribution in [3.8, 4) is 11.5 Å². The lowest BCUT2D eigenvalue weighted by atomic mass is 9.48. The number of aromatic hydroxyl groups is 1. The van der Waals surface area contributed by atoms with E-state index in [9.17, 15) is 15.0 Å². The molecule has 7 rings (SSSR count). The fourth-order valence-corrected chi connectivity index (χ4v) is 7.86. The number of benzene rings is 2. The van der Waals surface area contributed by atoms with Gasteiger partial charge in [0.05, 0.1) is 17.1 Å². The summed E-state index contributed by atoms with van der Waals surface area (Å²) in [5, 5.41) is 23.4. The van der Waals surface area contributed by atoms with E-state index in [1.807, 2.05) is 49.5 Å². The molecule has 0 aromatic heterocycles. The van der Waals surface area contributed by atoms with Crippen molar-refractivity contribution in [1.29, 1.82) is 0 Å². The summed E-state index contributed by atoms with van der Waals surface area (Å²) in [4.78, 5) is 17.6. The molecule has 2 aliphatic heterocycles. The Morgan fingerprint density at radius 3 is 2.75 bits per heavy atom. The van der Waals surface area contributed by atoms with Crippen molar-refractivity contribution in [2.75, 3.05) is 20.1 Å². The summed E-state index contributed by atoms with van der Waals surface area (Å²) >= 11 is 0. The first kappa shape index (κ1) is 22.4. The van der Waals surface area contributed by atoms with E-state index in [4.69, 9.17) is 4.74 Å². The van der Waals surface area contributed by atoms with Crippen LogP contribution in [0.4, 0.5) is 0 Å². The molecule has 0 unspecified atom stereocenters. The molecule has 1 amide bonds. The van der Waals surface area contributed by atoms with Crippen molar-refractivity contribution < 1.29 is 19.7 Å². The van der Waals surface area contributed by atoms with Crippen molar-refractivity contribution >= 4 is 12.0 Å². The summed E-state index contributed by atoms with van der Waals surface area (Å²) in [5.41, 5.74) is 1.62. The summed E-state index contributed by atoms with van der Waals surface area (Å²) in [5.74, 6) is 1.34. The Bertz CT molecular complexity index is 1240. The van der Waals surface area contributed by atoms with Gasteiger partial charge in [0.25, 0.3) is 0 Å². The summed E-state index contributed by atoms with van der Waals surface area (Å²) in [7, 11) is 1.85. The number of ether oxygens (including phenoxy) is 1. The van der Waals surface area contributed by atoms with Crippen LogP contribution >= 0.6 is 0 Å². The molecule has 1 saturated heterocycles. The molecule has 2 aromatic rings. The number of rotatable bonds is 5. The third-order valence-corrected chi connectivity index (χ3v) is 9.79. The molecule has 3 fully saturated rings. The van der Waals surface area contributed by atoms with Gasteiger partial charge in [-0.05, 0) is 74.3 Å². The summed E-state index contributed by atoms with van der Waals surface area (Å²) < 4.78 is 6.60. The van der Waals surface area contributed by atoms with Crippen LogP contribution in [0.25, 0.3) is 6.08 Å². The van der Waals surface area contributed by atoms with Crippen LogP contribution in [0.5, 0.6) is 11.5 Å². The average Bonchev–Trinajstić information content (AvgIpc) is 3.63. The Labute approximate surface area is 212 Å². The molecule has 5 aliphatic rings. The number of phenolic OH excluding ortho intramolecular Hbond substituents is 1.